The van der Waals surface area contributed by atoms with E-state index in [2.05, 4.69) is 38.7 Å². The average Bonchev–Trinajstić information content (AvgIpc) is 3.25. The molecule has 0 fully saturated rings. The van der Waals surface area contributed by atoms with E-state index in [1.165, 1.54) is 4.88 Å². The highest BCUT2D eigenvalue weighted by Gasteiger charge is 2.16. The largest absolute Gasteiger partial charge is 0.382 e. The van der Waals surface area contributed by atoms with Crippen LogP contribution in [0.3, 0.4) is 0 Å². The second-order valence-corrected chi connectivity index (χ2v) is 8.06. The number of nitriles is 1. The highest BCUT2D eigenvalue weighted by atomic mass is 32.1. The van der Waals surface area contributed by atoms with Crippen LogP contribution >= 0.6 is 11.3 Å². The second-order valence-electron chi connectivity index (χ2n) is 6.77. The number of anilines is 1. The van der Waals surface area contributed by atoms with Crippen LogP contribution in [0.4, 0.5) is 5.82 Å². The van der Waals surface area contributed by atoms with Gasteiger partial charge in [-0.25, -0.2) is 9.67 Å². The van der Waals surface area contributed by atoms with Gasteiger partial charge in [-0.15, -0.1) is 11.3 Å². The van der Waals surface area contributed by atoms with Crippen LogP contribution in [0, 0.1) is 25.2 Å². The molecule has 3 rings (SSSR count). The van der Waals surface area contributed by atoms with Gasteiger partial charge in [0.15, 0.2) is 5.96 Å². The maximum absolute atomic E-state index is 9.51. The van der Waals surface area contributed by atoms with E-state index in [-0.39, 0.29) is 0 Å². The van der Waals surface area contributed by atoms with Crippen molar-refractivity contribution in [2.24, 2.45) is 4.99 Å². The van der Waals surface area contributed by atoms with Crippen LogP contribution in [0.15, 0.2) is 35.3 Å². The van der Waals surface area contributed by atoms with Crippen LogP contribution in [0.2, 0.25) is 0 Å². The minimum absolute atomic E-state index is 0.373. The number of nitrogens with zero attached hydrogens (tertiary/aromatic N) is 5. The fraction of sp³-hybridized carbons (Fsp3) is 0.333. The van der Waals surface area contributed by atoms with Crippen molar-refractivity contribution in [3.8, 4) is 11.8 Å². The molecule has 0 saturated carbocycles. The summed E-state index contributed by atoms with van der Waals surface area (Å²) in [6, 6.07) is 11.8. The average molecular weight is 423 g/mol. The van der Waals surface area contributed by atoms with Gasteiger partial charge in [-0.1, -0.05) is 18.2 Å². The molecule has 2 aromatic heterocycles. The molecule has 0 amide bonds. The fourth-order valence-electron chi connectivity index (χ4n) is 3.00. The van der Waals surface area contributed by atoms with Gasteiger partial charge in [0, 0.05) is 18.5 Å². The van der Waals surface area contributed by atoms with Crippen LogP contribution in [-0.2, 0) is 13.0 Å². The number of thiazole rings is 1. The van der Waals surface area contributed by atoms with Crippen molar-refractivity contribution in [1.29, 1.82) is 5.26 Å². The van der Waals surface area contributed by atoms with E-state index < -0.39 is 0 Å². The summed E-state index contributed by atoms with van der Waals surface area (Å²) in [6.07, 6.45) is 1.43. The summed E-state index contributed by atoms with van der Waals surface area (Å²) in [5, 5.41) is 21.7. The van der Waals surface area contributed by atoms with E-state index in [4.69, 9.17) is 5.73 Å². The predicted molar refractivity (Wildman–Crippen MR) is 121 cm³/mol. The van der Waals surface area contributed by atoms with Crippen LogP contribution in [0.5, 0.6) is 0 Å². The molecule has 0 bridgehead atoms. The molecule has 0 aliphatic heterocycles. The molecule has 1 aromatic carbocycles. The zero-order chi connectivity index (χ0) is 21.5. The van der Waals surface area contributed by atoms with Crippen molar-refractivity contribution in [1.82, 2.24) is 25.4 Å². The fourth-order valence-corrected chi connectivity index (χ4v) is 3.87. The van der Waals surface area contributed by atoms with E-state index >= 15 is 0 Å². The Kier molecular flexibility index (Phi) is 7.03. The summed E-state index contributed by atoms with van der Waals surface area (Å²) in [7, 11) is 1.74. The summed E-state index contributed by atoms with van der Waals surface area (Å²) < 4.78 is 1.62. The molecule has 0 saturated heterocycles. The van der Waals surface area contributed by atoms with E-state index in [0.29, 0.717) is 36.6 Å². The number of nitrogen functional groups attached to an aromatic ring is 1. The minimum Gasteiger partial charge on any atom is -0.382 e. The maximum atomic E-state index is 9.51. The highest BCUT2D eigenvalue weighted by molar-refractivity contribution is 7.11. The van der Waals surface area contributed by atoms with Gasteiger partial charge in [-0.2, -0.15) is 10.4 Å². The molecule has 2 heterocycles. The molecular formula is C21H26N8S. The lowest BCUT2D eigenvalue weighted by atomic mass is 10.1. The Balaban J connectivity index is 1.54. The Bertz CT molecular complexity index is 1040. The topological polar surface area (TPSA) is 117 Å². The van der Waals surface area contributed by atoms with Crippen LogP contribution in [0.25, 0.3) is 5.69 Å². The number of para-hydroxylation sites is 1. The Morgan fingerprint density at radius 2 is 2.03 bits per heavy atom. The summed E-state index contributed by atoms with van der Waals surface area (Å²) in [4.78, 5) is 10.0. The maximum Gasteiger partial charge on any atom is 0.191 e. The van der Waals surface area contributed by atoms with E-state index in [9.17, 15) is 5.26 Å². The molecular weight excluding hydrogens is 396 g/mol. The quantitative estimate of drug-likeness (QED) is 0.306. The number of nitrogens with one attached hydrogen (secondary N) is 2. The molecule has 0 aliphatic carbocycles. The number of aromatic nitrogens is 3. The SMILES string of the molecule is CN=C(NCCCc1nn(-c2ccccc2)c(N)c1C#N)NCc1nc(C)c(C)s1. The van der Waals surface area contributed by atoms with Gasteiger partial charge in [0.1, 0.15) is 22.5 Å². The number of aliphatic imine (C=N–C) groups is 1. The van der Waals surface area contributed by atoms with Gasteiger partial charge < -0.3 is 16.4 Å². The molecule has 30 heavy (non-hydrogen) atoms. The third-order valence-corrected chi connectivity index (χ3v) is 5.77. The first-order valence-corrected chi connectivity index (χ1v) is 10.6. The zero-order valence-corrected chi connectivity index (χ0v) is 18.3. The molecule has 156 valence electrons. The van der Waals surface area contributed by atoms with E-state index in [1.807, 2.05) is 37.3 Å². The molecule has 0 unspecified atom stereocenters. The Labute approximate surface area is 180 Å². The monoisotopic (exact) mass is 422 g/mol. The van der Waals surface area contributed by atoms with E-state index in [1.54, 1.807) is 23.1 Å². The number of guanidine groups is 1. The Hall–Kier alpha value is -3.38. The van der Waals surface area contributed by atoms with Gasteiger partial charge in [0.25, 0.3) is 0 Å². The van der Waals surface area contributed by atoms with Gasteiger partial charge in [-0.3, -0.25) is 4.99 Å². The van der Waals surface area contributed by atoms with E-state index in [0.717, 1.165) is 28.8 Å². The minimum atomic E-state index is 0.373. The lowest BCUT2D eigenvalue weighted by molar-refractivity contribution is 0.721. The third-order valence-electron chi connectivity index (χ3n) is 4.69. The van der Waals surface area contributed by atoms with Crippen molar-refractivity contribution in [3.05, 3.63) is 57.2 Å². The summed E-state index contributed by atoms with van der Waals surface area (Å²) in [6.45, 7) is 5.42. The first-order chi connectivity index (χ1) is 14.5. The molecule has 8 nitrogen and oxygen atoms in total. The Morgan fingerprint density at radius 3 is 2.67 bits per heavy atom. The van der Waals surface area contributed by atoms with Crippen molar-refractivity contribution in [3.63, 3.8) is 0 Å². The predicted octanol–water partition coefficient (Wildman–Crippen LogP) is 2.70. The van der Waals surface area contributed by atoms with Crippen molar-refractivity contribution < 1.29 is 0 Å². The number of benzene rings is 1. The van der Waals surface area contributed by atoms with Crippen molar-refractivity contribution in [2.45, 2.75) is 33.2 Å². The van der Waals surface area contributed by atoms with Crippen molar-refractivity contribution in [2.75, 3.05) is 19.3 Å². The standard InChI is InChI=1S/C21H26N8S/c1-14-15(2)30-19(27-14)13-26-21(24-3)25-11-7-10-18-17(12-22)20(23)29(28-18)16-8-5-4-6-9-16/h4-6,8-9H,7,10-11,13,23H2,1-3H3,(H2,24,25,26). The number of nitrogens with two attached hydrogens (primary N) is 1. The summed E-state index contributed by atoms with van der Waals surface area (Å²) in [5.74, 6) is 1.09. The van der Waals surface area contributed by atoms with Gasteiger partial charge in [0.05, 0.1) is 23.6 Å². The van der Waals surface area contributed by atoms with Crippen molar-refractivity contribution >= 4 is 23.1 Å². The lowest BCUT2D eigenvalue weighted by Gasteiger charge is -2.10. The normalized spacial score (nSPS) is 11.3. The molecule has 0 spiro atoms. The number of aryl methyl sites for hydroxylation is 3. The Morgan fingerprint density at radius 1 is 1.27 bits per heavy atom. The second kappa shape index (κ2) is 9.89. The lowest BCUT2D eigenvalue weighted by Crippen LogP contribution is -2.37. The van der Waals surface area contributed by atoms with Gasteiger partial charge in [-0.05, 0) is 38.8 Å². The smallest absolute Gasteiger partial charge is 0.191 e. The first kappa shape index (κ1) is 21.3. The molecule has 3 aromatic rings. The molecule has 0 radical (unpaired) electrons. The zero-order valence-electron chi connectivity index (χ0n) is 17.4. The molecule has 4 N–H and O–H groups in total. The third kappa shape index (κ3) is 4.96. The number of hydrogen-bond donors (Lipinski definition) is 3. The summed E-state index contributed by atoms with van der Waals surface area (Å²) >= 11 is 1.69. The first-order valence-electron chi connectivity index (χ1n) is 9.73. The van der Waals surface area contributed by atoms with Gasteiger partial charge in [0.2, 0.25) is 0 Å². The number of rotatable bonds is 7. The molecule has 0 aliphatic rings. The van der Waals surface area contributed by atoms with Gasteiger partial charge >= 0.3 is 0 Å². The van der Waals surface area contributed by atoms with Crippen LogP contribution in [-0.4, -0.2) is 34.3 Å². The molecule has 0 atom stereocenters. The number of hydrogen-bond acceptors (Lipinski definition) is 6. The highest BCUT2D eigenvalue weighted by Crippen LogP contribution is 2.21. The van der Waals surface area contributed by atoms with Crippen LogP contribution < -0.4 is 16.4 Å². The molecule has 9 heteroatoms. The van der Waals surface area contributed by atoms with Crippen LogP contribution in [0.1, 0.15) is 33.3 Å². The summed E-state index contributed by atoms with van der Waals surface area (Å²) in [5.41, 5.74) is 9.21.